The van der Waals surface area contributed by atoms with E-state index in [4.69, 9.17) is 4.74 Å². The second-order valence-corrected chi connectivity index (χ2v) is 5.41. The minimum absolute atomic E-state index is 0.00965. The van der Waals surface area contributed by atoms with Gasteiger partial charge in [-0.25, -0.2) is 9.48 Å². The van der Waals surface area contributed by atoms with Gasteiger partial charge < -0.3 is 10.1 Å². The van der Waals surface area contributed by atoms with Crippen molar-refractivity contribution in [2.75, 3.05) is 13.2 Å². The van der Waals surface area contributed by atoms with Gasteiger partial charge in [0.25, 0.3) is 11.5 Å². The Labute approximate surface area is 138 Å². The van der Waals surface area contributed by atoms with Crippen molar-refractivity contribution in [3.8, 4) is 0 Å². The molecular weight excluding hydrogens is 310 g/mol. The third-order valence-electron chi connectivity index (χ3n) is 3.29. The standard InChI is InChI=1S/C17H19N3O4/c1-4-9-18-14(21)10-24-17(23)15-12-7-5-6-8-13(12)16(22)20(19-15)11(2)3/h4-8,11H,1,9-10H2,2-3H3,(H,18,21). The van der Waals surface area contributed by atoms with Crippen LogP contribution in [0.3, 0.4) is 0 Å². The van der Waals surface area contributed by atoms with Gasteiger partial charge in [-0.05, 0) is 19.9 Å². The SMILES string of the molecule is C=CCNC(=O)COC(=O)c1nn(C(C)C)c(=O)c2ccccc12. The van der Waals surface area contributed by atoms with Crippen LogP contribution in [-0.4, -0.2) is 34.8 Å². The molecule has 0 atom stereocenters. The van der Waals surface area contributed by atoms with Crippen LogP contribution < -0.4 is 10.9 Å². The molecule has 24 heavy (non-hydrogen) atoms. The van der Waals surface area contributed by atoms with Crippen molar-refractivity contribution in [2.45, 2.75) is 19.9 Å². The molecule has 0 spiro atoms. The van der Waals surface area contributed by atoms with Gasteiger partial charge in [-0.2, -0.15) is 5.10 Å². The van der Waals surface area contributed by atoms with Gasteiger partial charge in [0.2, 0.25) is 0 Å². The second kappa shape index (κ2) is 7.54. The normalized spacial score (nSPS) is 10.6. The molecule has 0 saturated heterocycles. The number of carbonyl (C=O) groups excluding carboxylic acids is 2. The lowest BCUT2D eigenvalue weighted by Crippen LogP contribution is -2.31. The molecule has 2 rings (SSSR count). The van der Waals surface area contributed by atoms with E-state index in [0.717, 1.165) is 0 Å². The van der Waals surface area contributed by atoms with Crippen LogP contribution in [0, 0.1) is 0 Å². The van der Waals surface area contributed by atoms with Gasteiger partial charge in [0.1, 0.15) is 0 Å². The zero-order valence-electron chi connectivity index (χ0n) is 13.6. The van der Waals surface area contributed by atoms with E-state index >= 15 is 0 Å². The lowest BCUT2D eigenvalue weighted by atomic mass is 10.1. The molecule has 0 bridgehead atoms. The Kier molecular flexibility index (Phi) is 5.47. The number of fused-ring (bicyclic) bond motifs is 1. The average Bonchev–Trinajstić information content (AvgIpc) is 2.58. The van der Waals surface area contributed by atoms with E-state index in [2.05, 4.69) is 17.0 Å². The van der Waals surface area contributed by atoms with Crippen molar-refractivity contribution in [3.05, 3.63) is 53.0 Å². The van der Waals surface area contributed by atoms with Crippen LogP contribution in [0.2, 0.25) is 0 Å². The van der Waals surface area contributed by atoms with Crippen molar-refractivity contribution in [2.24, 2.45) is 0 Å². The van der Waals surface area contributed by atoms with Gasteiger partial charge in [0.15, 0.2) is 12.3 Å². The van der Waals surface area contributed by atoms with Crippen molar-refractivity contribution in [1.82, 2.24) is 15.1 Å². The molecule has 0 radical (unpaired) electrons. The number of hydrogen-bond donors (Lipinski definition) is 1. The fourth-order valence-corrected chi connectivity index (χ4v) is 2.14. The Hall–Kier alpha value is -2.96. The maximum Gasteiger partial charge on any atom is 0.359 e. The van der Waals surface area contributed by atoms with E-state index in [1.165, 1.54) is 10.8 Å². The molecule has 0 aliphatic rings. The lowest BCUT2D eigenvalue weighted by molar-refractivity contribution is -0.124. The largest absolute Gasteiger partial charge is 0.451 e. The number of amides is 1. The molecule has 1 heterocycles. The van der Waals surface area contributed by atoms with E-state index in [9.17, 15) is 14.4 Å². The number of ether oxygens (including phenoxy) is 1. The number of esters is 1. The fraction of sp³-hybridized carbons (Fsp3) is 0.294. The Morgan fingerprint density at radius 1 is 1.33 bits per heavy atom. The molecule has 1 N–H and O–H groups in total. The first-order valence-electron chi connectivity index (χ1n) is 7.52. The number of hydrogen-bond acceptors (Lipinski definition) is 5. The predicted molar refractivity (Wildman–Crippen MR) is 89.9 cm³/mol. The number of nitrogens with one attached hydrogen (secondary N) is 1. The minimum Gasteiger partial charge on any atom is -0.451 e. The highest BCUT2D eigenvalue weighted by molar-refractivity contribution is 6.02. The summed E-state index contributed by atoms with van der Waals surface area (Å²) in [7, 11) is 0. The summed E-state index contributed by atoms with van der Waals surface area (Å²) in [6.45, 7) is 6.92. The molecule has 0 aliphatic heterocycles. The van der Waals surface area contributed by atoms with Crippen molar-refractivity contribution < 1.29 is 14.3 Å². The van der Waals surface area contributed by atoms with E-state index < -0.39 is 18.5 Å². The Morgan fingerprint density at radius 2 is 2.00 bits per heavy atom. The Morgan fingerprint density at radius 3 is 2.62 bits per heavy atom. The van der Waals surface area contributed by atoms with Crippen LogP contribution in [0.1, 0.15) is 30.4 Å². The van der Waals surface area contributed by atoms with Crippen LogP contribution >= 0.6 is 0 Å². The number of rotatable bonds is 6. The summed E-state index contributed by atoms with van der Waals surface area (Å²) in [6.07, 6.45) is 1.52. The van der Waals surface area contributed by atoms with Crippen LogP contribution in [0.4, 0.5) is 0 Å². The van der Waals surface area contributed by atoms with Crippen molar-refractivity contribution in [3.63, 3.8) is 0 Å². The Bertz CT molecular complexity index is 839. The third-order valence-corrected chi connectivity index (χ3v) is 3.29. The first-order chi connectivity index (χ1) is 11.5. The number of carbonyl (C=O) groups is 2. The molecule has 126 valence electrons. The highest BCUT2D eigenvalue weighted by Gasteiger charge is 2.19. The molecule has 7 nitrogen and oxygen atoms in total. The van der Waals surface area contributed by atoms with Gasteiger partial charge in [-0.3, -0.25) is 9.59 Å². The molecule has 0 saturated carbocycles. The van der Waals surface area contributed by atoms with Gasteiger partial charge >= 0.3 is 5.97 Å². The summed E-state index contributed by atoms with van der Waals surface area (Å²) < 4.78 is 6.24. The molecule has 7 heteroatoms. The molecule has 1 amide bonds. The first kappa shape index (κ1) is 17.4. The van der Waals surface area contributed by atoms with Gasteiger partial charge in [-0.15, -0.1) is 6.58 Å². The highest BCUT2D eigenvalue weighted by Crippen LogP contribution is 2.15. The van der Waals surface area contributed by atoms with Gasteiger partial charge in [0, 0.05) is 11.9 Å². The zero-order chi connectivity index (χ0) is 17.7. The lowest BCUT2D eigenvalue weighted by Gasteiger charge is -2.13. The number of aromatic nitrogens is 2. The Balaban J connectivity index is 2.35. The molecule has 0 fully saturated rings. The fourth-order valence-electron chi connectivity index (χ4n) is 2.14. The first-order valence-corrected chi connectivity index (χ1v) is 7.52. The molecule has 0 unspecified atom stereocenters. The van der Waals surface area contributed by atoms with Crippen molar-refractivity contribution >= 4 is 22.6 Å². The highest BCUT2D eigenvalue weighted by atomic mass is 16.5. The molecule has 2 aromatic rings. The summed E-state index contributed by atoms with van der Waals surface area (Å²) in [5.74, 6) is -1.20. The van der Waals surface area contributed by atoms with Crippen LogP contribution in [0.15, 0.2) is 41.7 Å². The quantitative estimate of drug-likeness (QED) is 0.640. The average molecular weight is 329 g/mol. The van der Waals surface area contributed by atoms with Crippen LogP contribution in [0.5, 0.6) is 0 Å². The second-order valence-electron chi connectivity index (χ2n) is 5.41. The van der Waals surface area contributed by atoms with E-state index in [0.29, 0.717) is 10.8 Å². The van der Waals surface area contributed by atoms with Crippen LogP contribution in [-0.2, 0) is 9.53 Å². The molecular formula is C17H19N3O4. The summed E-state index contributed by atoms with van der Waals surface area (Å²) in [6, 6.07) is 6.46. The maximum atomic E-state index is 12.4. The third kappa shape index (κ3) is 3.68. The zero-order valence-corrected chi connectivity index (χ0v) is 13.6. The van der Waals surface area contributed by atoms with Crippen molar-refractivity contribution in [1.29, 1.82) is 0 Å². The monoisotopic (exact) mass is 329 g/mol. The maximum absolute atomic E-state index is 12.4. The number of benzene rings is 1. The van der Waals surface area contributed by atoms with Crippen LogP contribution in [0.25, 0.3) is 10.8 Å². The van der Waals surface area contributed by atoms with E-state index in [1.807, 2.05) is 0 Å². The smallest absolute Gasteiger partial charge is 0.359 e. The van der Waals surface area contributed by atoms with E-state index in [1.54, 1.807) is 38.1 Å². The minimum atomic E-state index is -0.755. The van der Waals surface area contributed by atoms with E-state index in [-0.39, 0.29) is 23.8 Å². The summed E-state index contributed by atoms with van der Waals surface area (Å²) >= 11 is 0. The predicted octanol–water partition coefficient (Wildman–Crippen LogP) is 1.44. The topological polar surface area (TPSA) is 90.3 Å². The molecule has 1 aromatic carbocycles. The summed E-state index contributed by atoms with van der Waals surface area (Å²) in [5, 5.41) is 7.40. The number of nitrogens with zero attached hydrogens (tertiary/aromatic N) is 2. The van der Waals surface area contributed by atoms with Gasteiger partial charge in [0.05, 0.1) is 11.4 Å². The molecule has 1 aromatic heterocycles. The van der Waals surface area contributed by atoms with Gasteiger partial charge in [-0.1, -0.05) is 24.3 Å². The molecule has 0 aliphatic carbocycles. The summed E-state index contributed by atoms with van der Waals surface area (Å²) in [4.78, 5) is 36.2. The summed E-state index contributed by atoms with van der Waals surface area (Å²) in [5.41, 5.74) is -0.267.